The van der Waals surface area contributed by atoms with Crippen molar-refractivity contribution in [1.82, 2.24) is 5.43 Å². The van der Waals surface area contributed by atoms with Crippen molar-refractivity contribution in [3.63, 3.8) is 0 Å². The van der Waals surface area contributed by atoms with Crippen molar-refractivity contribution in [3.05, 3.63) is 61.6 Å². The number of ether oxygens (including phenoxy) is 1. The first-order valence-corrected chi connectivity index (χ1v) is 8.05. The maximum Gasteiger partial charge on any atom is 0.119 e. The van der Waals surface area contributed by atoms with Gasteiger partial charge < -0.3 is 4.74 Å². The van der Waals surface area contributed by atoms with E-state index in [9.17, 15) is 0 Å². The van der Waals surface area contributed by atoms with E-state index in [2.05, 4.69) is 62.1 Å². The molecule has 0 fully saturated rings. The minimum absolute atomic E-state index is 0.0631. The average Bonchev–Trinajstić information content (AvgIpc) is 2.46. The molecule has 0 saturated carbocycles. The quantitative estimate of drug-likeness (QED) is 0.417. The van der Waals surface area contributed by atoms with Gasteiger partial charge in [0.1, 0.15) is 5.75 Å². The molecule has 2 aromatic carbocycles. The van der Waals surface area contributed by atoms with Crippen molar-refractivity contribution in [2.75, 3.05) is 7.11 Å². The zero-order valence-corrected chi connectivity index (χ0v) is 14.8. The van der Waals surface area contributed by atoms with Crippen molar-refractivity contribution >= 4 is 38.5 Å². The summed E-state index contributed by atoms with van der Waals surface area (Å²) in [5.41, 5.74) is 5.23. The second kappa shape index (κ2) is 7.40. The Morgan fingerprint density at radius 1 is 1.30 bits per heavy atom. The van der Waals surface area contributed by atoms with Crippen LogP contribution in [0.1, 0.15) is 17.2 Å². The van der Waals surface area contributed by atoms with Crippen LogP contribution < -0.4 is 16.0 Å². The van der Waals surface area contributed by atoms with E-state index < -0.39 is 0 Å². The van der Waals surface area contributed by atoms with Crippen LogP contribution in [0.5, 0.6) is 5.75 Å². The van der Waals surface area contributed by atoms with Gasteiger partial charge in [-0.2, -0.15) is 0 Å². The zero-order chi connectivity index (χ0) is 14.5. The van der Waals surface area contributed by atoms with E-state index in [1.165, 1.54) is 9.13 Å². The minimum Gasteiger partial charge on any atom is -0.497 e. The van der Waals surface area contributed by atoms with Gasteiger partial charge in [-0.3, -0.25) is 11.3 Å². The number of hydrogen-bond acceptors (Lipinski definition) is 3. The Bertz CT molecular complexity index is 592. The fraction of sp³-hybridized carbons (Fsp3) is 0.200. The monoisotopic (exact) mass is 446 g/mol. The summed E-state index contributed by atoms with van der Waals surface area (Å²) in [6, 6.07) is 14.4. The lowest BCUT2D eigenvalue weighted by Gasteiger charge is -2.18. The Morgan fingerprint density at radius 2 is 2.10 bits per heavy atom. The van der Waals surface area contributed by atoms with Gasteiger partial charge in [-0.15, -0.1) is 0 Å². The van der Waals surface area contributed by atoms with Gasteiger partial charge in [0, 0.05) is 8.04 Å². The molecule has 1 atom stereocenters. The van der Waals surface area contributed by atoms with E-state index in [-0.39, 0.29) is 6.04 Å². The summed E-state index contributed by atoms with van der Waals surface area (Å²) < 4.78 is 7.53. The van der Waals surface area contributed by atoms with Crippen LogP contribution in [-0.2, 0) is 6.42 Å². The van der Waals surface area contributed by atoms with Crippen molar-refractivity contribution < 1.29 is 4.74 Å². The van der Waals surface area contributed by atoms with Crippen molar-refractivity contribution in [3.8, 4) is 5.75 Å². The number of nitrogens with two attached hydrogens (primary N) is 1. The highest BCUT2D eigenvalue weighted by Gasteiger charge is 2.13. The Hall–Kier alpha value is -0.630. The molecule has 0 radical (unpaired) electrons. The van der Waals surface area contributed by atoms with E-state index in [0.29, 0.717) is 0 Å². The van der Waals surface area contributed by atoms with Crippen LogP contribution in [0, 0.1) is 3.57 Å². The van der Waals surface area contributed by atoms with Crippen molar-refractivity contribution in [2.45, 2.75) is 12.5 Å². The molecule has 0 aliphatic rings. The topological polar surface area (TPSA) is 47.3 Å². The lowest BCUT2D eigenvalue weighted by Crippen LogP contribution is -2.29. The first-order chi connectivity index (χ1) is 9.63. The van der Waals surface area contributed by atoms with Gasteiger partial charge in [-0.25, -0.2) is 0 Å². The molecular formula is C15H16BrIN2O. The molecule has 2 rings (SSSR count). The lowest BCUT2D eigenvalue weighted by atomic mass is 9.99. The average molecular weight is 447 g/mol. The number of hydrazine groups is 1. The van der Waals surface area contributed by atoms with Gasteiger partial charge in [0.2, 0.25) is 0 Å². The Balaban J connectivity index is 2.26. The minimum atomic E-state index is 0.0631. The van der Waals surface area contributed by atoms with E-state index in [1.807, 2.05) is 24.3 Å². The fourth-order valence-corrected chi connectivity index (χ4v) is 3.03. The molecule has 0 saturated heterocycles. The number of rotatable bonds is 5. The molecule has 3 nitrogen and oxygen atoms in total. The highest BCUT2D eigenvalue weighted by atomic mass is 127. The molecule has 5 heteroatoms. The van der Waals surface area contributed by atoms with E-state index in [4.69, 9.17) is 10.6 Å². The molecular weight excluding hydrogens is 431 g/mol. The van der Waals surface area contributed by atoms with Gasteiger partial charge in [0.05, 0.1) is 13.2 Å². The van der Waals surface area contributed by atoms with Crippen molar-refractivity contribution in [1.29, 1.82) is 0 Å². The summed E-state index contributed by atoms with van der Waals surface area (Å²) in [5.74, 6) is 6.57. The van der Waals surface area contributed by atoms with Crippen LogP contribution >= 0.6 is 38.5 Å². The fourth-order valence-electron chi connectivity index (χ4n) is 2.05. The van der Waals surface area contributed by atoms with Crippen LogP contribution in [0.3, 0.4) is 0 Å². The second-order valence-electron chi connectivity index (χ2n) is 4.44. The zero-order valence-electron chi connectivity index (χ0n) is 11.1. The first-order valence-electron chi connectivity index (χ1n) is 6.18. The summed E-state index contributed by atoms with van der Waals surface area (Å²) in [6.45, 7) is 0. The van der Waals surface area contributed by atoms with Crippen LogP contribution in [-0.4, -0.2) is 7.11 Å². The molecule has 2 aromatic rings. The van der Waals surface area contributed by atoms with Crippen LogP contribution in [0.4, 0.5) is 0 Å². The summed E-state index contributed by atoms with van der Waals surface area (Å²) in [5, 5.41) is 0. The van der Waals surface area contributed by atoms with Crippen molar-refractivity contribution in [2.24, 2.45) is 5.84 Å². The first kappa shape index (κ1) is 15.8. The van der Waals surface area contributed by atoms with Crippen LogP contribution in [0.2, 0.25) is 0 Å². The van der Waals surface area contributed by atoms with Gasteiger partial charge in [0.15, 0.2) is 0 Å². The molecule has 0 aliphatic carbocycles. The molecule has 0 heterocycles. The molecule has 0 aliphatic heterocycles. The maximum absolute atomic E-state index is 5.72. The van der Waals surface area contributed by atoms with Gasteiger partial charge in [0.25, 0.3) is 0 Å². The Labute approximate surface area is 141 Å². The van der Waals surface area contributed by atoms with Gasteiger partial charge >= 0.3 is 0 Å². The molecule has 3 N–H and O–H groups in total. The SMILES string of the molecule is COc1ccc(Br)c(CC(NN)c2cccc(I)c2)c1. The molecule has 20 heavy (non-hydrogen) atoms. The summed E-state index contributed by atoms with van der Waals surface area (Å²) in [7, 11) is 1.67. The predicted molar refractivity (Wildman–Crippen MR) is 93.6 cm³/mol. The predicted octanol–water partition coefficient (Wildman–Crippen LogP) is 3.81. The third kappa shape index (κ3) is 3.94. The molecule has 0 amide bonds. The lowest BCUT2D eigenvalue weighted by molar-refractivity contribution is 0.413. The molecule has 0 spiro atoms. The molecule has 1 unspecified atom stereocenters. The largest absolute Gasteiger partial charge is 0.497 e. The highest BCUT2D eigenvalue weighted by molar-refractivity contribution is 14.1. The Morgan fingerprint density at radius 3 is 2.75 bits per heavy atom. The smallest absolute Gasteiger partial charge is 0.119 e. The van der Waals surface area contributed by atoms with Crippen LogP contribution in [0.25, 0.3) is 0 Å². The Kier molecular flexibility index (Phi) is 5.83. The van der Waals surface area contributed by atoms with E-state index in [0.717, 1.165) is 22.2 Å². The van der Waals surface area contributed by atoms with Crippen LogP contribution in [0.15, 0.2) is 46.9 Å². The summed E-state index contributed by atoms with van der Waals surface area (Å²) in [4.78, 5) is 0. The third-order valence-corrected chi connectivity index (χ3v) is 4.57. The maximum atomic E-state index is 5.72. The number of nitrogens with one attached hydrogen (secondary N) is 1. The summed E-state index contributed by atoms with van der Waals surface area (Å²) >= 11 is 5.89. The molecule has 0 aromatic heterocycles. The third-order valence-electron chi connectivity index (χ3n) is 3.13. The molecule has 0 bridgehead atoms. The van der Waals surface area contributed by atoms with E-state index in [1.54, 1.807) is 7.11 Å². The number of hydrogen-bond donors (Lipinski definition) is 2. The van der Waals surface area contributed by atoms with E-state index >= 15 is 0 Å². The summed E-state index contributed by atoms with van der Waals surface area (Å²) in [6.07, 6.45) is 0.786. The standard InChI is InChI=1S/C15H16BrIN2O/c1-20-13-5-6-14(16)11(8-13)9-15(19-18)10-3-2-4-12(17)7-10/h2-8,15,19H,9,18H2,1H3. The highest BCUT2D eigenvalue weighted by Crippen LogP contribution is 2.27. The number of methoxy groups -OCH3 is 1. The second-order valence-corrected chi connectivity index (χ2v) is 6.54. The number of benzene rings is 2. The normalized spacial score (nSPS) is 12.2. The number of halogens is 2. The van der Waals surface area contributed by atoms with Gasteiger partial charge in [-0.05, 0) is 70.5 Å². The van der Waals surface area contributed by atoms with Gasteiger partial charge in [-0.1, -0.05) is 28.1 Å². The molecule has 106 valence electrons.